The predicted molar refractivity (Wildman–Crippen MR) is 472 cm³/mol. The van der Waals surface area contributed by atoms with Crippen molar-refractivity contribution in [2.24, 2.45) is 0 Å². The van der Waals surface area contributed by atoms with Crippen LogP contribution in [-0.2, 0) is 10.8 Å². The molecular weight excluding hydrogens is 1410 g/mol. The van der Waals surface area contributed by atoms with Gasteiger partial charge in [-0.2, -0.15) is 10.5 Å². The fraction of sp³-hybridized carbons (Fsp3) is 0.0182. The van der Waals surface area contributed by atoms with E-state index in [1.165, 1.54) is 55.1 Å². The minimum atomic E-state index is -0.602. The summed E-state index contributed by atoms with van der Waals surface area (Å²) in [7, 11) is 0. The minimum absolute atomic E-state index is 0.600. The molecule has 0 spiro atoms. The summed E-state index contributed by atoms with van der Waals surface area (Å²) in [5, 5.41) is 25.9. The third kappa shape index (κ3) is 12.0. The molecule has 0 amide bonds. The quantitative estimate of drug-likeness (QED) is 0.114. The second-order valence-corrected chi connectivity index (χ2v) is 29.6. The second kappa shape index (κ2) is 29.6. The molecular formula is C110H70N6. The lowest BCUT2D eigenvalue weighted by molar-refractivity contribution is 0.768. The van der Waals surface area contributed by atoms with Gasteiger partial charge in [0.25, 0.3) is 0 Å². The van der Waals surface area contributed by atoms with E-state index in [2.05, 4.69) is 388 Å². The van der Waals surface area contributed by atoms with Gasteiger partial charge in [-0.1, -0.05) is 388 Å². The van der Waals surface area contributed by atoms with E-state index in [0.29, 0.717) is 22.8 Å². The van der Waals surface area contributed by atoms with E-state index < -0.39 is 10.8 Å². The Bertz CT molecular complexity index is 6860. The summed E-state index contributed by atoms with van der Waals surface area (Å²) in [5.41, 5.74) is 29.6. The summed E-state index contributed by atoms with van der Waals surface area (Å²) in [6.07, 6.45) is 0. The van der Waals surface area contributed by atoms with Crippen molar-refractivity contribution >= 4 is 21.5 Å². The van der Waals surface area contributed by atoms with Crippen LogP contribution >= 0.6 is 0 Å². The molecule has 0 atom stereocenters. The minimum Gasteiger partial charge on any atom is -0.228 e. The van der Waals surface area contributed by atoms with Gasteiger partial charge in [-0.25, -0.2) is 19.9 Å². The predicted octanol–water partition coefficient (Wildman–Crippen LogP) is 26.7. The number of nitrogens with zero attached hydrogens (tertiary/aromatic N) is 6. The monoisotopic (exact) mass is 1470 g/mol. The van der Waals surface area contributed by atoms with Crippen molar-refractivity contribution in [3.05, 3.63) is 480 Å². The maximum atomic E-state index is 10.6. The molecule has 6 nitrogen and oxygen atoms in total. The number of benzene rings is 17. The third-order valence-corrected chi connectivity index (χ3v) is 23.3. The molecule has 0 unspecified atom stereocenters. The lowest BCUT2D eigenvalue weighted by Crippen LogP contribution is -2.28. The Morgan fingerprint density at radius 2 is 0.466 bits per heavy atom. The summed E-state index contributed by atoms with van der Waals surface area (Å²) >= 11 is 0. The Kier molecular flexibility index (Phi) is 17.7. The summed E-state index contributed by atoms with van der Waals surface area (Å²) in [5.74, 6) is 1.34. The lowest BCUT2D eigenvalue weighted by atomic mass is 9.67. The molecule has 0 saturated heterocycles. The van der Waals surface area contributed by atoms with E-state index in [9.17, 15) is 10.5 Å². The van der Waals surface area contributed by atoms with Gasteiger partial charge >= 0.3 is 0 Å². The molecule has 2 heterocycles. The fourth-order valence-corrected chi connectivity index (χ4v) is 17.9. The smallest absolute Gasteiger partial charge is 0.160 e. The molecule has 0 radical (unpaired) electrons. The molecule has 116 heavy (non-hydrogen) atoms. The summed E-state index contributed by atoms with van der Waals surface area (Å²) in [6.45, 7) is 0. The number of hydrogen-bond acceptors (Lipinski definition) is 6. The van der Waals surface area contributed by atoms with Gasteiger partial charge in [0.2, 0.25) is 0 Å². The average molecular weight is 1480 g/mol. The van der Waals surface area contributed by atoms with E-state index in [4.69, 9.17) is 19.9 Å². The van der Waals surface area contributed by atoms with Crippen LogP contribution in [0.25, 0.3) is 145 Å². The number of nitriles is 2. The molecule has 0 N–H and O–H groups in total. The SMILES string of the molecule is N#Cc1cccc2c1-c1c(-c3ccc(-c4cc(-c5ccc6ccccc6c5)nc(-c5ccc6ccccc6c5)n4)cc3)cccc1C2(c1ccccc1)c1ccccc1.N#Cc1cccc2c1-c1c(-c3ccc(-c4nc(-c5ccccc5)cc(-c5ccc(-c6ccccc6)cc5)n4)cc3)cccc1C2(c1ccccc1)c1ccccc1. The van der Waals surface area contributed by atoms with Crippen LogP contribution in [0.15, 0.2) is 425 Å². The highest BCUT2D eigenvalue weighted by atomic mass is 14.9. The summed E-state index contributed by atoms with van der Waals surface area (Å²) in [6, 6.07) is 154. The Hall–Kier alpha value is -15.6. The van der Waals surface area contributed by atoms with Crippen molar-refractivity contribution in [2.75, 3.05) is 0 Å². The normalized spacial score (nSPS) is 12.4. The van der Waals surface area contributed by atoms with E-state index in [1.807, 2.05) is 48.5 Å². The van der Waals surface area contributed by atoms with E-state index >= 15 is 0 Å². The zero-order chi connectivity index (χ0) is 77.5. The lowest BCUT2D eigenvalue weighted by Gasteiger charge is -2.34. The van der Waals surface area contributed by atoms with Gasteiger partial charge < -0.3 is 0 Å². The topological polar surface area (TPSA) is 99.1 Å². The fourth-order valence-electron chi connectivity index (χ4n) is 17.9. The highest BCUT2D eigenvalue weighted by Crippen LogP contribution is 2.61. The van der Waals surface area contributed by atoms with Gasteiger partial charge in [-0.15, -0.1) is 0 Å². The Morgan fingerprint density at radius 3 is 0.871 bits per heavy atom. The molecule has 17 aromatic carbocycles. The van der Waals surface area contributed by atoms with Gasteiger partial charge in [-0.05, 0) is 147 Å². The Morgan fingerprint density at radius 1 is 0.190 bits per heavy atom. The molecule has 19 aromatic rings. The average Bonchev–Trinajstić information content (AvgIpc) is 1.53. The van der Waals surface area contributed by atoms with Gasteiger partial charge in [0.15, 0.2) is 11.6 Å². The number of hydrogen-bond donors (Lipinski definition) is 0. The van der Waals surface area contributed by atoms with Crippen molar-refractivity contribution < 1.29 is 0 Å². The number of fused-ring (bicyclic) bond motifs is 8. The van der Waals surface area contributed by atoms with Crippen LogP contribution in [0.3, 0.4) is 0 Å². The van der Waals surface area contributed by atoms with Crippen molar-refractivity contribution in [2.45, 2.75) is 10.8 Å². The van der Waals surface area contributed by atoms with Gasteiger partial charge in [0.05, 0.1) is 56.9 Å². The van der Waals surface area contributed by atoms with Crippen molar-refractivity contribution in [1.29, 1.82) is 10.5 Å². The molecule has 0 saturated carbocycles. The van der Waals surface area contributed by atoms with Crippen LogP contribution in [-0.4, -0.2) is 19.9 Å². The molecule has 2 aliphatic carbocycles. The first-order chi connectivity index (χ1) is 57.4. The molecule has 6 heteroatoms. The standard InChI is InChI=1S/C56H35N3.C54H35N3/c57-36-45-17-11-23-49-53(45)54-48(22-12-24-50(54)56(49,46-18-3-1-4-19-46)47-20-5-2-6-21-47)39-27-29-40(30-28-39)51-35-52(43-31-25-37-13-7-9-15-41(37)33-43)59-55(58-51)44-32-26-38-14-8-10-16-42(38)34-44;55-36-43-19-13-25-47-51(43)52-46(24-14-26-48(52)54(47,44-20-9-3-10-21-44)45-22-11-4-12-23-45)39-29-33-42(34-30-39)53-56-49(40-17-7-2-8-18-40)35-50(57-53)41-31-27-38(28-32-41)37-15-5-1-6-16-37/h1-35H;1-35H. The maximum Gasteiger partial charge on any atom is 0.160 e. The van der Waals surface area contributed by atoms with Crippen LogP contribution in [0.1, 0.15) is 55.6 Å². The van der Waals surface area contributed by atoms with Crippen molar-refractivity contribution in [3.63, 3.8) is 0 Å². The first kappa shape index (κ1) is 69.6. The zero-order valence-corrected chi connectivity index (χ0v) is 63.1. The highest BCUT2D eigenvalue weighted by Gasteiger charge is 2.49. The summed E-state index contributed by atoms with van der Waals surface area (Å²) < 4.78 is 0. The van der Waals surface area contributed by atoms with Gasteiger partial charge in [-0.3, -0.25) is 0 Å². The number of rotatable bonds is 13. The van der Waals surface area contributed by atoms with Crippen molar-refractivity contribution in [3.8, 4) is 136 Å². The molecule has 2 aromatic heterocycles. The van der Waals surface area contributed by atoms with Crippen LogP contribution in [0.2, 0.25) is 0 Å². The molecule has 0 bridgehead atoms. The molecule has 540 valence electrons. The first-order valence-electron chi connectivity index (χ1n) is 39.2. The molecule has 0 fully saturated rings. The van der Waals surface area contributed by atoms with E-state index in [-0.39, 0.29) is 0 Å². The first-order valence-corrected chi connectivity index (χ1v) is 39.2. The van der Waals surface area contributed by atoms with Crippen LogP contribution in [0.5, 0.6) is 0 Å². The van der Waals surface area contributed by atoms with Gasteiger partial charge in [0.1, 0.15) is 0 Å². The molecule has 2 aliphatic rings. The highest BCUT2D eigenvalue weighted by molar-refractivity contribution is 6.00. The van der Waals surface area contributed by atoms with Crippen LogP contribution in [0.4, 0.5) is 0 Å². The van der Waals surface area contributed by atoms with Crippen molar-refractivity contribution in [1.82, 2.24) is 19.9 Å². The van der Waals surface area contributed by atoms with Gasteiger partial charge in [0, 0.05) is 44.5 Å². The Labute approximate surface area is 674 Å². The third-order valence-electron chi connectivity index (χ3n) is 23.3. The Balaban J connectivity index is 0.000000150. The van der Waals surface area contributed by atoms with Crippen LogP contribution in [0, 0.1) is 22.7 Å². The zero-order valence-electron chi connectivity index (χ0n) is 63.1. The molecule has 0 aliphatic heterocycles. The number of aromatic nitrogens is 4. The largest absolute Gasteiger partial charge is 0.228 e. The second-order valence-electron chi connectivity index (χ2n) is 29.6. The molecule has 21 rings (SSSR count). The van der Waals surface area contributed by atoms with E-state index in [0.717, 1.165) is 123 Å². The summed E-state index contributed by atoms with van der Waals surface area (Å²) in [4.78, 5) is 20.7. The maximum absolute atomic E-state index is 10.6. The van der Waals surface area contributed by atoms with Crippen LogP contribution < -0.4 is 0 Å². The van der Waals surface area contributed by atoms with E-state index in [1.54, 1.807) is 0 Å².